The molecule has 0 saturated carbocycles. The molecule has 0 spiro atoms. The van der Waals surface area contributed by atoms with E-state index in [1.807, 2.05) is 0 Å². The zero-order chi connectivity index (χ0) is 6.57. The zero-order valence-corrected chi connectivity index (χ0v) is 5.70. The number of ether oxygens (including phenoxy) is 1. The Bertz CT molecular complexity index is 120. The second kappa shape index (κ2) is 3.50. The molecule has 0 rings (SSSR count). The Hall–Kier alpha value is -0.500. The molecule has 0 amide bonds. The number of nitrogens with zero attached hydrogens (tertiary/aromatic N) is 1. The van der Waals surface area contributed by atoms with E-state index in [9.17, 15) is 0 Å². The van der Waals surface area contributed by atoms with Gasteiger partial charge in [-0.05, 0) is 0 Å². The van der Waals surface area contributed by atoms with Crippen molar-refractivity contribution >= 4 is 17.5 Å². The topological polar surface area (TPSA) is 21.6 Å². The largest absolute Gasteiger partial charge is 0.480 e. The highest BCUT2D eigenvalue weighted by atomic mass is 35.5. The first kappa shape index (κ1) is 7.50. The van der Waals surface area contributed by atoms with Crippen LogP contribution in [-0.4, -0.2) is 20.1 Å². The third kappa shape index (κ3) is 1.98. The maximum Gasteiger partial charge on any atom is 0.226 e. The van der Waals surface area contributed by atoms with Gasteiger partial charge in [0.15, 0.2) is 0 Å². The maximum atomic E-state index is 5.39. The monoisotopic (exact) mass is 133 g/mol. The van der Waals surface area contributed by atoms with E-state index in [0.717, 1.165) is 0 Å². The van der Waals surface area contributed by atoms with Crippen molar-refractivity contribution < 1.29 is 4.74 Å². The van der Waals surface area contributed by atoms with Crippen molar-refractivity contribution in [3.8, 4) is 0 Å². The summed E-state index contributed by atoms with van der Waals surface area (Å²) in [6.45, 7) is 3.41. The Morgan fingerprint density at radius 2 is 2.25 bits per heavy atom. The fourth-order valence-corrected chi connectivity index (χ4v) is 0.485. The molecule has 0 heterocycles. The summed E-state index contributed by atoms with van der Waals surface area (Å²) in [6.07, 6.45) is 0. The molecule has 0 bridgehead atoms. The van der Waals surface area contributed by atoms with Gasteiger partial charge in [-0.1, -0.05) is 18.2 Å². The van der Waals surface area contributed by atoms with E-state index < -0.39 is 0 Å². The minimum atomic E-state index is 0.329. The van der Waals surface area contributed by atoms with Crippen LogP contribution in [0.5, 0.6) is 0 Å². The lowest BCUT2D eigenvalue weighted by atomic mass is 10.6. The van der Waals surface area contributed by atoms with Crippen LogP contribution in [0.1, 0.15) is 0 Å². The van der Waals surface area contributed by atoms with Crippen LogP contribution in [0.3, 0.4) is 0 Å². The third-order valence-electron chi connectivity index (χ3n) is 0.628. The second-order valence-electron chi connectivity index (χ2n) is 1.14. The molecule has 0 radical (unpaired) electrons. The summed E-state index contributed by atoms with van der Waals surface area (Å²) in [5, 5.41) is 0.329. The van der Waals surface area contributed by atoms with Crippen LogP contribution < -0.4 is 0 Å². The summed E-state index contributed by atoms with van der Waals surface area (Å²) in [4.78, 5) is 3.67. The van der Waals surface area contributed by atoms with E-state index in [2.05, 4.69) is 16.3 Å². The molecule has 0 aliphatic carbocycles. The Balaban J connectivity index is 3.92. The minimum absolute atomic E-state index is 0.329. The van der Waals surface area contributed by atoms with Crippen LogP contribution in [0.2, 0.25) is 0 Å². The fourth-order valence-electron chi connectivity index (χ4n) is 0.323. The molecule has 0 N–H and O–H groups in total. The molecule has 0 unspecified atom stereocenters. The van der Waals surface area contributed by atoms with Gasteiger partial charge >= 0.3 is 0 Å². The van der Waals surface area contributed by atoms with Crippen molar-refractivity contribution in [2.75, 3.05) is 14.2 Å². The van der Waals surface area contributed by atoms with Gasteiger partial charge in [-0.3, -0.25) is 4.99 Å². The highest BCUT2D eigenvalue weighted by molar-refractivity contribution is 6.41. The van der Waals surface area contributed by atoms with E-state index in [-0.39, 0.29) is 0 Å². The fraction of sp³-hybridized carbons (Fsp3) is 0.400. The summed E-state index contributed by atoms with van der Waals surface area (Å²) in [5.74, 6) is 0.381. The average Bonchev–Trinajstić information content (AvgIpc) is 1.69. The molecule has 0 aliphatic heterocycles. The van der Waals surface area contributed by atoms with Crippen LogP contribution in [0.15, 0.2) is 16.6 Å². The molecule has 0 aromatic rings. The first-order valence-corrected chi connectivity index (χ1v) is 2.45. The van der Waals surface area contributed by atoms with Gasteiger partial charge in [0.25, 0.3) is 0 Å². The van der Waals surface area contributed by atoms with Crippen molar-refractivity contribution in [1.29, 1.82) is 0 Å². The normalized spacial score (nSPS) is 11.1. The van der Waals surface area contributed by atoms with Crippen LogP contribution in [0.25, 0.3) is 0 Å². The molecule has 3 heteroatoms. The van der Waals surface area contributed by atoms with Gasteiger partial charge in [0.05, 0.1) is 12.1 Å². The Morgan fingerprint density at radius 1 is 1.75 bits per heavy atom. The quantitative estimate of drug-likeness (QED) is 0.392. The third-order valence-corrected chi connectivity index (χ3v) is 0.790. The number of hydrogen-bond donors (Lipinski definition) is 0. The SMILES string of the molecule is C=C(Cl)C(=NC)OC. The lowest BCUT2D eigenvalue weighted by molar-refractivity contribution is 0.405. The van der Waals surface area contributed by atoms with Gasteiger partial charge in [0, 0.05) is 7.05 Å². The van der Waals surface area contributed by atoms with E-state index in [4.69, 9.17) is 11.6 Å². The van der Waals surface area contributed by atoms with Crippen LogP contribution in [-0.2, 0) is 4.74 Å². The van der Waals surface area contributed by atoms with Gasteiger partial charge in [0.1, 0.15) is 0 Å². The van der Waals surface area contributed by atoms with E-state index in [0.29, 0.717) is 10.9 Å². The summed E-state index contributed by atoms with van der Waals surface area (Å²) in [6, 6.07) is 0. The highest BCUT2D eigenvalue weighted by Gasteiger charge is 1.95. The van der Waals surface area contributed by atoms with Gasteiger partial charge in [-0.15, -0.1) is 0 Å². The van der Waals surface area contributed by atoms with Crippen molar-refractivity contribution in [1.82, 2.24) is 0 Å². The standard InChI is InChI=1S/C5H8ClNO/c1-4(6)5(7-2)8-3/h1H2,2-3H3. The summed E-state index contributed by atoms with van der Waals surface area (Å²) >= 11 is 5.39. The molecule has 0 aromatic heterocycles. The number of halogens is 1. The molecule has 0 aliphatic rings. The molecule has 46 valence electrons. The second-order valence-corrected chi connectivity index (χ2v) is 1.59. The molecular weight excluding hydrogens is 126 g/mol. The van der Waals surface area contributed by atoms with Crippen LogP contribution in [0, 0.1) is 0 Å². The maximum absolute atomic E-state index is 5.39. The van der Waals surface area contributed by atoms with Crippen LogP contribution >= 0.6 is 11.6 Å². The average molecular weight is 134 g/mol. The van der Waals surface area contributed by atoms with Gasteiger partial charge in [-0.25, -0.2) is 0 Å². The van der Waals surface area contributed by atoms with Crippen molar-refractivity contribution in [3.05, 3.63) is 11.6 Å². The predicted molar refractivity (Wildman–Crippen MR) is 35.4 cm³/mol. The first-order valence-electron chi connectivity index (χ1n) is 2.08. The molecule has 2 nitrogen and oxygen atoms in total. The van der Waals surface area contributed by atoms with E-state index >= 15 is 0 Å². The number of methoxy groups -OCH3 is 1. The van der Waals surface area contributed by atoms with Crippen molar-refractivity contribution in [2.45, 2.75) is 0 Å². The molecule has 0 aromatic carbocycles. The highest BCUT2D eigenvalue weighted by Crippen LogP contribution is 1.99. The molecule has 8 heavy (non-hydrogen) atoms. The van der Waals surface area contributed by atoms with Gasteiger partial charge in [0.2, 0.25) is 5.90 Å². The molecule has 0 fully saturated rings. The number of hydrogen-bond acceptors (Lipinski definition) is 2. The summed E-state index contributed by atoms with van der Waals surface area (Å²) in [7, 11) is 3.09. The molecular formula is C5H8ClNO. The first-order chi connectivity index (χ1) is 3.72. The lowest BCUT2D eigenvalue weighted by Gasteiger charge is -1.97. The van der Waals surface area contributed by atoms with Crippen molar-refractivity contribution in [2.24, 2.45) is 4.99 Å². The van der Waals surface area contributed by atoms with E-state index in [1.165, 1.54) is 7.11 Å². The van der Waals surface area contributed by atoms with Crippen molar-refractivity contribution in [3.63, 3.8) is 0 Å². The minimum Gasteiger partial charge on any atom is -0.480 e. The lowest BCUT2D eigenvalue weighted by Crippen LogP contribution is -1.98. The Kier molecular flexibility index (Phi) is 3.28. The number of rotatable bonds is 1. The smallest absolute Gasteiger partial charge is 0.226 e. The van der Waals surface area contributed by atoms with E-state index in [1.54, 1.807) is 7.05 Å². The summed E-state index contributed by atoms with van der Waals surface area (Å²) < 4.78 is 4.68. The molecule has 0 saturated heterocycles. The van der Waals surface area contributed by atoms with Gasteiger partial charge < -0.3 is 4.74 Å². The Labute approximate surface area is 53.8 Å². The predicted octanol–water partition coefficient (Wildman–Crippen LogP) is 1.41. The zero-order valence-electron chi connectivity index (χ0n) is 4.94. The van der Waals surface area contributed by atoms with Gasteiger partial charge in [-0.2, -0.15) is 0 Å². The molecule has 0 atom stereocenters. The summed E-state index contributed by atoms with van der Waals surface area (Å²) in [5.41, 5.74) is 0. The van der Waals surface area contributed by atoms with Crippen LogP contribution in [0.4, 0.5) is 0 Å². The number of aliphatic imine (C=N–C) groups is 1. The Morgan fingerprint density at radius 3 is 2.25 bits per heavy atom.